The highest BCUT2D eigenvalue weighted by atomic mass is 79.9. The van der Waals surface area contributed by atoms with Crippen molar-refractivity contribution < 1.29 is 0 Å². The van der Waals surface area contributed by atoms with E-state index in [0.717, 1.165) is 10.0 Å². The maximum Gasteiger partial charge on any atom is 0.0839 e. The predicted octanol–water partition coefficient (Wildman–Crippen LogP) is 3.69. The third-order valence-electron chi connectivity index (χ3n) is 1.22. The lowest BCUT2D eigenvalue weighted by Gasteiger charge is -1.95. The van der Waals surface area contributed by atoms with Gasteiger partial charge in [0.05, 0.1) is 5.88 Å². The van der Waals surface area contributed by atoms with Crippen LogP contribution in [0.1, 0.15) is 5.56 Å². The van der Waals surface area contributed by atoms with Crippen molar-refractivity contribution in [1.29, 1.82) is 0 Å². The van der Waals surface area contributed by atoms with Crippen LogP contribution in [0, 0.1) is 11.8 Å². The Bertz CT molecular complexity index is 336. The van der Waals surface area contributed by atoms with E-state index in [9.17, 15) is 0 Å². The molecule has 1 aromatic carbocycles. The van der Waals surface area contributed by atoms with Crippen molar-refractivity contribution in [3.05, 3.63) is 33.3 Å². The highest BCUT2D eigenvalue weighted by molar-refractivity contribution is 9.10. The summed E-state index contributed by atoms with van der Waals surface area (Å²) in [6.45, 7) is 0. The summed E-state index contributed by atoms with van der Waals surface area (Å²) in [5.41, 5.74) is 0.864. The fraction of sp³-hybridized carbons (Fsp3) is 0.111. The summed E-state index contributed by atoms with van der Waals surface area (Å²) in [6.07, 6.45) is 0. The van der Waals surface area contributed by atoms with Crippen molar-refractivity contribution in [2.24, 2.45) is 0 Å². The van der Waals surface area contributed by atoms with Gasteiger partial charge in [0.1, 0.15) is 0 Å². The molecule has 0 bridgehead atoms. The zero-order valence-corrected chi connectivity index (χ0v) is 9.17. The molecule has 0 radical (unpaired) electrons. The number of hydrogen-bond donors (Lipinski definition) is 0. The molecule has 1 rings (SSSR count). The quantitative estimate of drug-likeness (QED) is 0.495. The van der Waals surface area contributed by atoms with Crippen LogP contribution in [0.2, 0.25) is 5.02 Å². The first-order chi connectivity index (χ1) is 5.74. The van der Waals surface area contributed by atoms with Crippen LogP contribution in [0.5, 0.6) is 0 Å². The highest BCUT2D eigenvalue weighted by Gasteiger charge is 1.95. The van der Waals surface area contributed by atoms with Gasteiger partial charge in [-0.1, -0.05) is 23.4 Å². The van der Waals surface area contributed by atoms with Crippen LogP contribution in [0.15, 0.2) is 22.7 Å². The SMILES string of the molecule is ClCC#Cc1cc(Cl)ccc1Br. The van der Waals surface area contributed by atoms with Crippen LogP contribution in [0.25, 0.3) is 0 Å². The van der Waals surface area contributed by atoms with Gasteiger partial charge in [0.2, 0.25) is 0 Å². The van der Waals surface area contributed by atoms with E-state index < -0.39 is 0 Å². The van der Waals surface area contributed by atoms with Crippen molar-refractivity contribution in [2.45, 2.75) is 0 Å². The van der Waals surface area contributed by atoms with Crippen molar-refractivity contribution in [1.82, 2.24) is 0 Å². The van der Waals surface area contributed by atoms with Crippen LogP contribution >= 0.6 is 39.1 Å². The Morgan fingerprint density at radius 1 is 1.42 bits per heavy atom. The van der Waals surface area contributed by atoms with Crippen molar-refractivity contribution in [3.63, 3.8) is 0 Å². The Balaban J connectivity index is 3.05. The largest absolute Gasteiger partial charge is 0.113 e. The standard InChI is InChI=1S/C9H5BrCl2/c10-9-4-3-8(12)6-7(9)2-1-5-11/h3-4,6H,5H2. The lowest BCUT2D eigenvalue weighted by molar-refractivity contribution is 1.58. The molecule has 0 aliphatic heterocycles. The summed E-state index contributed by atoms with van der Waals surface area (Å²) in [5.74, 6) is 5.98. The molecule has 3 heteroatoms. The Kier molecular flexibility index (Phi) is 3.94. The third-order valence-corrected chi connectivity index (χ3v) is 2.28. The van der Waals surface area contributed by atoms with Crippen molar-refractivity contribution >= 4 is 39.1 Å². The first-order valence-corrected chi connectivity index (χ1v) is 4.94. The van der Waals surface area contributed by atoms with E-state index in [1.807, 2.05) is 6.07 Å². The van der Waals surface area contributed by atoms with Gasteiger partial charge in [0.15, 0.2) is 0 Å². The third kappa shape index (κ3) is 2.71. The van der Waals surface area contributed by atoms with Crippen molar-refractivity contribution in [3.8, 4) is 11.8 Å². The Labute approximate surface area is 90.0 Å². The lowest BCUT2D eigenvalue weighted by Crippen LogP contribution is -1.77. The second-order valence-corrected chi connectivity index (χ2v) is 3.62. The molecule has 0 N–H and O–H groups in total. The molecule has 0 fully saturated rings. The molecule has 0 aliphatic carbocycles. The number of hydrogen-bond acceptors (Lipinski definition) is 0. The summed E-state index contributed by atoms with van der Waals surface area (Å²) in [4.78, 5) is 0. The molecule has 1 aromatic rings. The molecule has 0 atom stereocenters. The minimum absolute atomic E-state index is 0.332. The number of rotatable bonds is 0. The van der Waals surface area contributed by atoms with E-state index >= 15 is 0 Å². The van der Waals surface area contributed by atoms with Crippen molar-refractivity contribution in [2.75, 3.05) is 5.88 Å². The molecule has 0 heterocycles. The predicted molar refractivity (Wildman–Crippen MR) is 56.8 cm³/mol. The maximum absolute atomic E-state index is 5.77. The van der Waals surface area contributed by atoms with Gasteiger partial charge in [-0.15, -0.1) is 11.6 Å². The monoisotopic (exact) mass is 262 g/mol. The normalized spacial score (nSPS) is 8.92. The maximum atomic E-state index is 5.77. The van der Waals surface area contributed by atoms with E-state index in [1.54, 1.807) is 12.1 Å². The van der Waals surface area contributed by atoms with E-state index in [4.69, 9.17) is 23.2 Å². The van der Waals surface area contributed by atoms with Gasteiger partial charge in [-0.05, 0) is 34.1 Å². The summed E-state index contributed by atoms with van der Waals surface area (Å²) < 4.78 is 0.935. The Hall–Kier alpha value is -0.160. The molecular weight excluding hydrogens is 259 g/mol. The first kappa shape index (κ1) is 9.92. The fourth-order valence-electron chi connectivity index (χ4n) is 0.722. The zero-order chi connectivity index (χ0) is 8.97. The topological polar surface area (TPSA) is 0 Å². The molecule has 0 aromatic heterocycles. The molecule has 0 aliphatic rings. The molecule has 0 saturated heterocycles. The van der Waals surface area contributed by atoms with Gasteiger partial charge in [-0.2, -0.15) is 0 Å². The molecule has 0 unspecified atom stereocenters. The van der Waals surface area contributed by atoms with Crippen LogP contribution in [0.4, 0.5) is 0 Å². The van der Waals surface area contributed by atoms with E-state index in [-0.39, 0.29) is 0 Å². The molecule has 62 valence electrons. The summed E-state index contributed by atoms with van der Waals surface area (Å²) >= 11 is 14.6. The second-order valence-electron chi connectivity index (χ2n) is 2.06. The van der Waals surface area contributed by atoms with Crippen LogP contribution < -0.4 is 0 Å². The lowest BCUT2D eigenvalue weighted by atomic mass is 10.2. The Morgan fingerprint density at radius 2 is 2.17 bits per heavy atom. The highest BCUT2D eigenvalue weighted by Crippen LogP contribution is 2.19. The van der Waals surface area contributed by atoms with E-state index in [0.29, 0.717) is 10.9 Å². The van der Waals surface area contributed by atoms with Gasteiger partial charge < -0.3 is 0 Å². The summed E-state index contributed by atoms with van der Waals surface area (Å²) in [6, 6.07) is 5.46. The Morgan fingerprint density at radius 3 is 2.83 bits per heavy atom. The molecule has 12 heavy (non-hydrogen) atoms. The smallest absolute Gasteiger partial charge is 0.0839 e. The molecular formula is C9H5BrCl2. The molecule has 0 nitrogen and oxygen atoms in total. The van der Waals surface area contributed by atoms with E-state index in [1.165, 1.54) is 0 Å². The number of halogens is 3. The minimum Gasteiger partial charge on any atom is -0.113 e. The number of alkyl halides is 1. The van der Waals surface area contributed by atoms with Crippen LogP contribution in [-0.2, 0) is 0 Å². The zero-order valence-electron chi connectivity index (χ0n) is 6.07. The van der Waals surface area contributed by atoms with Crippen LogP contribution in [0.3, 0.4) is 0 Å². The number of benzene rings is 1. The van der Waals surface area contributed by atoms with Gasteiger partial charge in [0.25, 0.3) is 0 Å². The molecule has 0 saturated carbocycles. The van der Waals surface area contributed by atoms with E-state index in [2.05, 4.69) is 27.8 Å². The summed E-state index contributed by atoms with van der Waals surface area (Å²) in [5, 5.41) is 0.678. The van der Waals surface area contributed by atoms with Gasteiger partial charge in [0, 0.05) is 15.1 Å². The second kappa shape index (κ2) is 4.77. The fourth-order valence-corrected chi connectivity index (χ4v) is 1.31. The van der Waals surface area contributed by atoms with Gasteiger partial charge in [-0.3, -0.25) is 0 Å². The van der Waals surface area contributed by atoms with Gasteiger partial charge >= 0.3 is 0 Å². The van der Waals surface area contributed by atoms with Gasteiger partial charge in [-0.25, -0.2) is 0 Å². The molecule has 0 spiro atoms. The molecule has 0 amide bonds. The first-order valence-electron chi connectivity index (χ1n) is 3.24. The average Bonchev–Trinajstić information content (AvgIpc) is 2.07. The minimum atomic E-state index is 0.332. The van der Waals surface area contributed by atoms with Crippen LogP contribution in [-0.4, -0.2) is 5.88 Å². The summed E-state index contributed by atoms with van der Waals surface area (Å²) in [7, 11) is 0. The average molecular weight is 264 g/mol.